The number of carbonyl (C=O) groups is 1. The molecule has 0 aromatic carbocycles. The van der Waals surface area contributed by atoms with Crippen LogP contribution in [0.4, 0.5) is 4.39 Å². The zero-order valence-corrected chi connectivity index (χ0v) is 6.71. The number of hydrogen-bond donors (Lipinski definition) is 0. The second-order valence-electron chi connectivity index (χ2n) is 1.90. The molecule has 70 valence electrons. The van der Waals surface area contributed by atoms with Crippen molar-refractivity contribution in [3.05, 3.63) is 0 Å². The number of hydrogen-bond acceptors (Lipinski definition) is 6. The average Bonchev–Trinajstić information content (AvgIpc) is 2.23. The van der Waals surface area contributed by atoms with E-state index >= 15 is 0 Å². The van der Waals surface area contributed by atoms with Crippen molar-refractivity contribution in [3.8, 4) is 0 Å². The van der Waals surface area contributed by atoms with Crippen LogP contribution < -0.4 is 0 Å². The van der Waals surface area contributed by atoms with Crippen LogP contribution in [0.3, 0.4) is 0 Å². The monoisotopic (exact) mass is 200 g/mol. The van der Waals surface area contributed by atoms with E-state index in [1.807, 2.05) is 0 Å². The Morgan fingerprint density at radius 2 is 2.08 bits per heavy atom. The molecular weight excluding hydrogens is 195 g/mol. The molecule has 1 aliphatic rings. The van der Waals surface area contributed by atoms with Crippen molar-refractivity contribution < 1.29 is 30.7 Å². The van der Waals surface area contributed by atoms with Crippen molar-refractivity contribution in [2.45, 2.75) is 12.5 Å². The van der Waals surface area contributed by atoms with Crippen molar-refractivity contribution in [1.29, 1.82) is 0 Å². The number of esters is 1. The van der Waals surface area contributed by atoms with Crippen LogP contribution in [0.15, 0.2) is 0 Å². The Morgan fingerprint density at radius 3 is 2.42 bits per heavy atom. The zero-order valence-electron chi connectivity index (χ0n) is 5.89. The molecule has 6 nitrogen and oxygen atoms in total. The van der Waals surface area contributed by atoms with Gasteiger partial charge in [0.05, 0.1) is 7.11 Å². The quantitative estimate of drug-likeness (QED) is 0.511. The van der Waals surface area contributed by atoms with Crippen LogP contribution in [-0.2, 0) is 28.3 Å². The Labute approximate surface area is 67.5 Å². The van der Waals surface area contributed by atoms with E-state index in [0.717, 1.165) is 7.11 Å². The third-order valence-electron chi connectivity index (χ3n) is 1.10. The first-order valence-corrected chi connectivity index (χ1v) is 4.13. The number of methoxy groups -OCH3 is 1. The smallest absolute Gasteiger partial charge is 0.403 e. The van der Waals surface area contributed by atoms with Crippen LogP contribution in [0.1, 0.15) is 0 Å². The van der Waals surface area contributed by atoms with Crippen LogP contribution in [0.5, 0.6) is 0 Å². The fraction of sp³-hybridized carbons (Fsp3) is 0.750. The fourth-order valence-electron chi connectivity index (χ4n) is 0.619. The summed E-state index contributed by atoms with van der Waals surface area (Å²) in [6.07, 6.45) is -4.18. The molecule has 8 heteroatoms. The summed E-state index contributed by atoms with van der Waals surface area (Å²) < 4.78 is 44.9. The number of carbonyl (C=O) groups excluding carboxylic acids is 1. The first-order valence-electron chi connectivity index (χ1n) is 2.79. The first kappa shape index (κ1) is 9.36. The summed E-state index contributed by atoms with van der Waals surface area (Å²) >= 11 is 0. The SMILES string of the molecule is COC(=O)C1OS(=O)(=O)OC1F. The molecule has 1 rings (SSSR count). The summed E-state index contributed by atoms with van der Waals surface area (Å²) in [7, 11) is -3.40. The van der Waals surface area contributed by atoms with E-state index < -0.39 is 28.8 Å². The second kappa shape index (κ2) is 2.96. The molecule has 1 saturated heterocycles. The van der Waals surface area contributed by atoms with Crippen molar-refractivity contribution in [2.75, 3.05) is 7.11 Å². The first-order chi connectivity index (χ1) is 5.46. The zero-order chi connectivity index (χ0) is 9.35. The molecule has 0 radical (unpaired) electrons. The Morgan fingerprint density at radius 1 is 1.50 bits per heavy atom. The van der Waals surface area contributed by atoms with Crippen LogP contribution in [0.25, 0.3) is 0 Å². The van der Waals surface area contributed by atoms with Gasteiger partial charge in [-0.05, 0) is 0 Å². The van der Waals surface area contributed by atoms with Gasteiger partial charge < -0.3 is 4.74 Å². The number of rotatable bonds is 1. The summed E-state index contributed by atoms with van der Waals surface area (Å²) in [5.41, 5.74) is 0. The molecule has 1 fully saturated rings. The lowest BCUT2D eigenvalue weighted by molar-refractivity contribution is -0.153. The highest BCUT2D eigenvalue weighted by molar-refractivity contribution is 7.82. The minimum atomic E-state index is -4.38. The minimum Gasteiger partial charge on any atom is -0.467 e. The molecule has 1 heterocycles. The van der Waals surface area contributed by atoms with E-state index in [0.29, 0.717) is 0 Å². The molecule has 12 heavy (non-hydrogen) atoms. The van der Waals surface area contributed by atoms with Crippen molar-refractivity contribution >= 4 is 16.4 Å². The topological polar surface area (TPSA) is 78.9 Å². The number of ether oxygens (including phenoxy) is 1. The van der Waals surface area contributed by atoms with Gasteiger partial charge in [-0.25, -0.2) is 17.6 Å². The van der Waals surface area contributed by atoms with Gasteiger partial charge in [-0.1, -0.05) is 0 Å². The van der Waals surface area contributed by atoms with Crippen LogP contribution >= 0.6 is 0 Å². The minimum absolute atomic E-state index is 0.976. The van der Waals surface area contributed by atoms with Crippen molar-refractivity contribution in [1.82, 2.24) is 0 Å². The third kappa shape index (κ3) is 1.71. The molecule has 0 spiro atoms. The van der Waals surface area contributed by atoms with E-state index in [1.165, 1.54) is 0 Å². The molecule has 2 atom stereocenters. The number of halogens is 1. The van der Waals surface area contributed by atoms with Crippen LogP contribution in [0, 0.1) is 0 Å². The van der Waals surface area contributed by atoms with Gasteiger partial charge in [-0.3, -0.25) is 0 Å². The lowest BCUT2D eigenvalue weighted by Crippen LogP contribution is -2.29. The molecule has 0 amide bonds. The lowest BCUT2D eigenvalue weighted by atomic mass is 10.4. The molecular formula is C4H5FO6S. The largest absolute Gasteiger partial charge is 0.467 e. The predicted molar refractivity (Wildman–Crippen MR) is 31.8 cm³/mol. The summed E-state index contributed by atoms with van der Waals surface area (Å²) in [6, 6.07) is 0. The van der Waals surface area contributed by atoms with Gasteiger partial charge in [-0.2, -0.15) is 8.42 Å². The van der Waals surface area contributed by atoms with Gasteiger partial charge in [0.15, 0.2) is 0 Å². The molecule has 0 bridgehead atoms. The Balaban J connectivity index is 2.77. The van der Waals surface area contributed by atoms with Crippen LogP contribution in [-0.4, -0.2) is 34.0 Å². The van der Waals surface area contributed by atoms with E-state index in [-0.39, 0.29) is 0 Å². The van der Waals surface area contributed by atoms with Gasteiger partial charge in [0.2, 0.25) is 6.10 Å². The third-order valence-corrected chi connectivity index (χ3v) is 1.97. The highest BCUT2D eigenvalue weighted by Gasteiger charge is 2.46. The second-order valence-corrected chi connectivity index (χ2v) is 3.10. The van der Waals surface area contributed by atoms with Gasteiger partial charge in [0.25, 0.3) is 6.36 Å². The number of alkyl halides is 1. The molecule has 0 saturated carbocycles. The highest BCUT2D eigenvalue weighted by Crippen LogP contribution is 2.22. The van der Waals surface area contributed by atoms with E-state index in [2.05, 4.69) is 13.1 Å². The Bertz CT molecular complexity index is 284. The lowest BCUT2D eigenvalue weighted by Gasteiger charge is -2.03. The standard InChI is InChI=1S/C4H5FO6S/c1-9-4(6)2-3(5)11-12(7,8)10-2/h2-3H,1H3. The van der Waals surface area contributed by atoms with Gasteiger partial charge in [0, 0.05) is 0 Å². The van der Waals surface area contributed by atoms with Gasteiger partial charge in [0.1, 0.15) is 0 Å². The van der Waals surface area contributed by atoms with Crippen LogP contribution in [0.2, 0.25) is 0 Å². The summed E-state index contributed by atoms with van der Waals surface area (Å²) in [5.74, 6) is -1.14. The van der Waals surface area contributed by atoms with Crippen molar-refractivity contribution in [2.24, 2.45) is 0 Å². The van der Waals surface area contributed by atoms with Gasteiger partial charge >= 0.3 is 16.4 Å². The fourth-order valence-corrected chi connectivity index (χ4v) is 1.41. The molecule has 0 aromatic rings. The molecule has 2 unspecified atom stereocenters. The molecule has 0 aromatic heterocycles. The summed E-state index contributed by atoms with van der Waals surface area (Å²) in [4.78, 5) is 10.6. The van der Waals surface area contributed by atoms with Gasteiger partial charge in [-0.15, -0.1) is 0 Å². The Kier molecular flexibility index (Phi) is 2.31. The van der Waals surface area contributed by atoms with E-state index in [9.17, 15) is 17.6 Å². The maximum atomic E-state index is 12.5. The van der Waals surface area contributed by atoms with E-state index in [1.54, 1.807) is 0 Å². The maximum absolute atomic E-state index is 12.5. The predicted octanol–water partition coefficient (Wildman–Crippen LogP) is -0.885. The Hall–Kier alpha value is -0.730. The molecule has 0 aliphatic carbocycles. The summed E-state index contributed by atoms with van der Waals surface area (Å²) in [6.45, 7) is 0. The highest BCUT2D eigenvalue weighted by atomic mass is 32.3. The normalized spacial score (nSPS) is 33.2. The van der Waals surface area contributed by atoms with E-state index in [4.69, 9.17) is 0 Å². The molecule has 0 N–H and O–H groups in total. The molecule has 1 aliphatic heterocycles. The summed E-state index contributed by atoms with van der Waals surface area (Å²) in [5, 5.41) is 0. The maximum Gasteiger partial charge on any atom is 0.403 e. The van der Waals surface area contributed by atoms with Crippen molar-refractivity contribution in [3.63, 3.8) is 0 Å². The average molecular weight is 200 g/mol.